The molecule has 2 nitrogen and oxygen atoms in total. The Morgan fingerprint density at radius 2 is 2.05 bits per heavy atom. The van der Waals surface area contributed by atoms with Gasteiger partial charge in [0, 0.05) is 35.8 Å². The molecule has 6 heteroatoms. The van der Waals surface area contributed by atoms with E-state index in [1.165, 1.54) is 6.07 Å². The van der Waals surface area contributed by atoms with Crippen molar-refractivity contribution in [3.05, 3.63) is 29.3 Å². The number of hydrogen-bond acceptors (Lipinski definition) is 3. The fourth-order valence-corrected chi connectivity index (χ4v) is 3.72. The van der Waals surface area contributed by atoms with E-state index in [-0.39, 0.29) is 11.3 Å². The van der Waals surface area contributed by atoms with Crippen LogP contribution < -0.4 is 10.2 Å². The highest BCUT2D eigenvalue weighted by atomic mass is 32.2. The zero-order chi connectivity index (χ0) is 15.7. The standard InChI is InChI=1S/C15H21F3N2S/c1-14(2)10-20(6-7-21-14)12-5-4-11(9-19-3)13(8-12)15(16,17)18/h4-5,8,19H,6-7,9-10H2,1-3H3. The molecule has 1 heterocycles. The van der Waals surface area contributed by atoms with Crippen LogP contribution in [0, 0.1) is 0 Å². The van der Waals surface area contributed by atoms with Crippen molar-refractivity contribution < 1.29 is 13.2 Å². The first-order chi connectivity index (χ1) is 9.73. The minimum atomic E-state index is -4.32. The number of benzene rings is 1. The highest BCUT2D eigenvalue weighted by Crippen LogP contribution is 2.37. The molecule has 21 heavy (non-hydrogen) atoms. The predicted molar refractivity (Wildman–Crippen MR) is 83.0 cm³/mol. The van der Waals surface area contributed by atoms with Crippen LogP contribution in [0.3, 0.4) is 0 Å². The Kier molecular flexibility index (Phi) is 4.78. The van der Waals surface area contributed by atoms with Gasteiger partial charge in [0.2, 0.25) is 0 Å². The summed E-state index contributed by atoms with van der Waals surface area (Å²) in [4.78, 5) is 2.05. The maximum absolute atomic E-state index is 13.2. The Balaban J connectivity index is 2.33. The number of rotatable bonds is 3. The van der Waals surface area contributed by atoms with Gasteiger partial charge in [0.05, 0.1) is 5.56 Å². The summed E-state index contributed by atoms with van der Waals surface area (Å²) in [6, 6.07) is 4.68. The summed E-state index contributed by atoms with van der Waals surface area (Å²) < 4.78 is 39.7. The molecule has 0 saturated carbocycles. The number of halogens is 3. The molecule has 0 amide bonds. The third-order valence-corrected chi connectivity index (χ3v) is 4.85. The van der Waals surface area contributed by atoms with Crippen molar-refractivity contribution >= 4 is 17.4 Å². The second kappa shape index (κ2) is 6.08. The van der Waals surface area contributed by atoms with Gasteiger partial charge in [-0.15, -0.1) is 0 Å². The normalized spacial score (nSPS) is 18.9. The fourth-order valence-electron chi connectivity index (χ4n) is 2.61. The van der Waals surface area contributed by atoms with Crippen LogP contribution in [0.1, 0.15) is 25.0 Å². The van der Waals surface area contributed by atoms with Crippen molar-refractivity contribution in [1.82, 2.24) is 5.32 Å². The molecule has 0 radical (unpaired) electrons. The molecule has 1 aliphatic heterocycles. The van der Waals surface area contributed by atoms with Crippen molar-refractivity contribution in [3.63, 3.8) is 0 Å². The van der Waals surface area contributed by atoms with E-state index in [0.29, 0.717) is 11.3 Å². The molecule has 2 rings (SSSR count). The van der Waals surface area contributed by atoms with Crippen LogP contribution in [0.25, 0.3) is 0 Å². The largest absolute Gasteiger partial charge is 0.416 e. The zero-order valence-electron chi connectivity index (χ0n) is 12.5. The van der Waals surface area contributed by atoms with E-state index in [0.717, 1.165) is 18.8 Å². The van der Waals surface area contributed by atoms with Gasteiger partial charge in [-0.25, -0.2) is 0 Å². The molecular formula is C15H21F3N2S. The average Bonchev–Trinajstić information content (AvgIpc) is 2.37. The molecule has 1 fully saturated rings. The topological polar surface area (TPSA) is 15.3 Å². The first-order valence-corrected chi connectivity index (χ1v) is 7.95. The summed E-state index contributed by atoms with van der Waals surface area (Å²) in [6.07, 6.45) is -4.32. The lowest BCUT2D eigenvalue weighted by Crippen LogP contribution is -2.43. The van der Waals surface area contributed by atoms with Crippen molar-refractivity contribution in [3.8, 4) is 0 Å². The molecule has 1 aromatic rings. The molecule has 118 valence electrons. The van der Waals surface area contributed by atoms with E-state index in [4.69, 9.17) is 0 Å². The first kappa shape index (κ1) is 16.5. The molecular weight excluding hydrogens is 297 g/mol. The van der Waals surface area contributed by atoms with Gasteiger partial charge in [0.15, 0.2) is 0 Å². The van der Waals surface area contributed by atoms with Gasteiger partial charge in [-0.3, -0.25) is 0 Å². The number of hydrogen-bond donors (Lipinski definition) is 1. The molecule has 0 atom stereocenters. The van der Waals surface area contributed by atoms with Crippen LogP contribution in [0.2, 0.25) is 0 Å². The summed E-state index contributed by atoms with van der Waals surface area (Å²) in [6.45, 7) is 6.03. The van der Waals surface area contributed by atoms with Crippen molar-refractivity contribution in [1.29, 1.82) is 0 Å². The zero-order valence-corrected chi connectivity index (χ0v) is 13.4. The molecule has 0 spiro atoms. The Hall–Kier alpha value is -0.880. The lowest BCUT2D eigenvalue weighted by molar-refractivity contribution is -0.138. The van der Waals surface area contributed by atoms with Gasteiger partial charge in [-0.1, -0.05) is 6.07 Å². The number of nitrogens with zero attached hydrogens (tertiary/aromatic N) is 1. The maximum atomic E-state index is 13.2. The highest BCUT2D eigenvalue weighted by Gasteiger charge is 2.34. The highest BCUT2D eigenvalue weighted by molar-refractivity contribution is 8.00. The SMILES string of the molecule is CNCc1ccc(N2CCSC(C)(C)C2)cc1C(F)(F)F. The molecule has 1 N–H and O–H groups in total. The van der Waals surface area contributed by atoms with E-state index in [9.17, 15) is 13.2 Å². The van der Waals surface area contributed by atoms with Gasteiger partial charge < -0.3 is 10.2 Å². The maximum Gasteiger partial charge on any atom is 0.416 e. The van der Waals surface area contributed by atoms with Gasteiger partial charge in [0.25, 0.3) is 0 Å². The smallest absolute Gasteiger partial charge is 0.369 e. The molecule has 1 aromatic carbocycles. The number of alkyl halides is 3. The molecule has 0 bridgehead atoms. The summed E-state index contributed by atoms with van der Waals surface area (Å²) in [5, 5.41) is 2.79. The van der Waals surface area contributed by atoms with Crippen molar-refractivity contribution in [2.45, 2.75) is 31.3 Å². The van der Waals surface area contributed by atoms with E-state index in [2.05, 4.69) is 24.1 Å². The second-order valence-corrected chi connectivity index (χ2v) is 7.70. The Morgan fingerprint density at radius 1 is 1.33 bits per heavy atom. The van der Waals surface area contributed by atoms with Gasteiger partial charge in [-0.2, -0.15) is 24.9 Å². The lowest BCUT2D eigenvalue weighted by atomic mass is 10.0. The minimum absolute atomic E-state index is 0.0697. The summed E-state index contributed by atoms with van der Waals surface area (Å²) in [7, 11) is 1.65. The van der Waals surface area contributed by atoms with Crippen LogP contribution in [0.4, 0.5) is 18.9 Å². The van der Waals surface area contributed by atoms with Crippen LogP contribution in [-0.2, 0) is 12.7 Å². The van der Waals surface area contributed by atoms with Crippen LogP contribution in [0.15, 0.2) is 18.2 Å². The summed E-state index contributed by atoms with van der Waals surface area (Å²) in [5.74, 6) is 0.937. The van der Waals surface area contributed by atoms with Crippen molar-refractivity contribution in [2.24, 2.45) is 0 Å². The number of anilines is 1. The fraction of sp³-hybridized carbons (Fsp3) is 0.600. The molecule has 0 aliphatic carbocycles. The summed E-state index contributed by atoms with van der Waals surface area (Å²) >= 11 is 1.87. The molecule has 1 aliphatic rings. The third-order valence-electron chi connectivity index (χ3n) is 3.56. The van der Waals surface area contributed by atoms with Crippen LogP contribution in [0.5, 0.6) is 0 Å². The Morgan fingerprint density at radius 3 is 2.62 bits per heavy atom. The third kappa shape index (κ3) is 4.07. The van der Waals surface area contributed by atoms with E-state index >= 15 is 0 Å². The van der Waals surface area contributed by atoms with Gasteiger partial charge in [-0.05, 0) is 38.6 Å². The molecule has 0 aromatic heterocycles. The first-order valence-electron chi connectivity index (χ1n) is 6.96. The number of nitrogens with one attached hydrogen (secondary N) is 1. The van der Waals surface area contributed by atoms with E-state index < -0.39 is 11.7 Å². The predicted octanol–water partition coefficient (Wildman–Crippen LogP) is 3.76. The monoisotopic (exact) mass is 318 g/mol. The minimum Gasteiger partial charge on any atom is -0.369 e. The molecule has 0 unspecified atom stereocenters. The van der Waals surface area contributed by atoms with Gasteiger partial charge in [0.1, 0.15) is 0 Å². The van der Waals surface area contributed by atoms with Crippen molar-refractivity contribution in [2.75, 3.05) is 30.8 Å². The Labute approximate surface area is 128 Å². The Bertz CT molecular complexity index is 500. The van der Waals surface area contributed by atoms with Gasteiger partial charge >= 0.3 is 6.18 Å². The van der Waals surface area contributed by atoms with Crippen LogP contribution in [-0.4, -0.2) is 30.6 Å². The summed E-state index contributed by atoms with van der Waals surface area (Å²) in [5.41, 5.74) is 0.417. The second-order valence-electron chi connectivity index (χ2n) is 5.90. The van der Waals surface area contributed by atoms with Crippen LogP contribution >= 0.6 is 11.8 Å². The van der Waals surface area contributed by atoms with E-state index in [1.54, 1.807) is 19.2 Å². The quantitative estimate of drug-likeness (QED) is 0.913. The van der Waals surface area contributed by atoms with E-state index in [1.807, 2.05) is 11.8 Å². The average molecular weight is 318 g/mol. The molecule has 1 saturated heterocycles. The number of thioether (sulfide) groups is 1. The lowest BCUT2D eigenvalue weighted by Gasteiger charge is -2.39.